The second-order valence-electron chi connectivity index (χ2n) is 5.58. The van der Waals surface area contributed by atoms with E-state index in [0.717, 1.165) is 30.2 Å². The SMILES string of the molecule is Cc1c(N)nc(C(C)C)nc1NC1(C)CCOC1. The van der Waals surface area contributed by atoms with Gasteiger partial charge >= 0.3 is 0 Å². The summed E-state index contributed by atoms with van der Waals surface area (Å²) >= 11 is 0. The molecule has 2 heterocycles. The maximum Gasteiger partial charge on any atom is 0.135 e. The number of nitrogens with two attached hydrogens (primary N) is 1. The van der Waals surface area contributed by atoms with Crippen molar-refractivity contribution in [3.05, 3.63) is 11.4 Å². The van der Waals surface area contributed by atoms with Crippen molar-refractivity contribution in [1.82, 2.24) is 9.97 Å². The van der Waals surface area contributed by atoms with Crippen molar-refractivity contribution < 1.29 is 4.74 Å². The minimum atomic E-state index is -0.0558. The molecule has 1 atom stereocenters. The van der Waals surface area contributed by atoms with Crippen LogP contribution in [-0.4, -0.2) is 28.7 Å². The molecule has 0 amide bonds. The predicted octanol–water partition coefficient (Wildman–Crippen LogP) is 2.08. The molecule has 2 rings (SSSR count). The average molecular weight is 250 g/mol. The molecule has 0 aliphatic carbocycles. The van der Waals surface area contributed by atoms with Crippen molar-refractivity contribution in [2.75, 3.05) is 24.3 Å². The van der Waals surface area contributed by atoms with Crippen molar-refractivity contribution in [3.8, 4) is 0 Å². The smallest absolute Gasteiger partial charge is 0.135 e. The van der Waals surface area contributed by atoms with Gasteiger partial charge in [-0.05, 0) is 20.3 Å². The number of nitrogens with zero attached hydrogens (tertiary/aromatic N) is 2. The number of rotatable bonds is 3. The van der Waals surface area contributed by atoms with Crippen LogP contribution in [0.25, 0.3) is 0 Å². The summed E-state index contributed by atoms with van der Waals surface area (Å²) in [6.45, 7) is 9.71. The number of hydrogen-bond acceptors (Lipinski definition) is 5. The monoisotopic (exact) mass is 250 g/mol. The van der Waals surface area contributed by atoms with E-state index < -0.39 is 0 Å². The van der Waals surface area contributed by atoms with Gasteiger partial charge in [-0.25, -0.2) is 9.97 Å². The Morgan fingerprint density at radius 3 is 2.67 bits per heavy atom. The fourth-order valence-electron chi connectivity index (χ4n) is 1.98. The van der Waals surface area contributed by atoms with Gasteiger partial charge in [-0.3, -0.25) is 0 Å². The molecule has 0 saturated carbocycles. The van der Waals surface area contributed by atoms with Crippen LogP contribution in [0.3, 0.4) is 0 Å². The zero-order valence-electron chi connectivity index (χ0n) is 11.6. The highest BCUT2D eigenvalue weighted by atomic mass is 16.5. The minimum absolute atomic E-state index is 0.0558. The zero-order valence-corrected chi connectivity index (χ0v) is 11.6. The van der Waals surface area contributed by atoms with E-state index in [1.807, 2.05) is 6.92 Å². The largest absolute Gasteiger partial charge is 0.383 e. The van der Waals surface area contributed by atoms with Crippen LogP contribution in [0.2, 0.25) is 0 Å². The average Bonchev–Trinajstić information content (AvgIpc) is 2.71. The third kappa shape index (κ3) is 2.56. The Hall–Kier alpha value is -1.36. The molecule has 5 nitrogen and oxygen atoms in total. The first-order chi connectivity index (χ1) is 8.41. The summed E-state index contributed by atoms with van der Waals surface area (Å²) in [5.74, 6) is 2.43. The zero-order chi connectivity index (χ0) is 13.3. The molecule has 1 aliphatic rings. The van der Waals surface area contributed by atoms with Gasteiger partial charge in [0.05, 0.1) is 12.1 Å². The first-order valence-corrected chi connectivity index (χ1v) is 6.41. The van der Waals surface area contributed by atoms with Crippen LogP contribution in [0.5, 0.6) is 0 Å². The highest BCUT2D eigenvalue weighted by Gasteiger charge is 2.30. The molecule has 0 spiro atoms. The second kappa shape index (κ2) is 4.72. The van der Waals surface area contributed by atoms with E-state index >= 15 is 0 Å². The molecule has 1 aliphatic heterocycles. The number of hydrogen-bond donors (Lipinski definition) is 2. The van der Waals surface area contributed by atoms with Crippen LogP contribution in [0.1, 0.15) is 44.5 Å². The summed E-state index contributed by atoms with van der Waals surface area (Å²) < 4.78 is 5.44. The van der Waals surface area contributed by atoms with Crippen LogP contribution in [0, 0.1) is 6.92 Å². The molecule has 5 heteroatoms. The van der Waals surface area contributed by atoms with E-state index in [2.05, 4.69) is 36.1 Å². The van der Waals surface area contributed by atoms with E-state index in [1.54, 1.807) is 0 Å². The van der Waals surface area contributed by atoms with E-state index in [9.17, 15) is 0 Å². The minimum Gasteiger partial charge on any atom is -0.383 e. The summed E-state index contributed by atoms with van der Waals surface area (Å²) in [7, 11) is 0. The van der Waals surface area contributed by atoms with Crippen molar-refractivity contribution in [2.45, 2.75) is 45.6 Å². The molecule has 1 unspecified atom stereocenters. The van der Waals surface area contributed by atoms with Gasteiger partial charge in [-0.2, -0.15) is 0 Å². The van der Waals surface area contributed by atoms with Crippen LogP contribution < -0.4 is 11.1 Å². The predicted molar refractivity (Wildman–Crippen MR) is 72.7 cm³/mol. The van der Waals surface area contributed by atoms with Gasteiger partial charge in [0.1, 0.15) is 17.5 Å². The Morgan fingerprint density at radius 1 is 1.39 bits per heavy atom. The van der Waals surface area contributed by atoms with Crippen LogP contribution in [0.4, 0.5) is 11.6 Å². The molecule has 1 saturated heterocycles. The highest BCUT2D eigenvalue weighted by Crippen LogP contribution is 2.27. The third-order valence-corrected chi connectivity index (χ3v) is 3.36. The molecule has 1 fully saturated rings. The standard InChI is InChI=1S/C13H22N4O/c1-8(2)11-15-10(14)9(3)12(16-11)17-13(4)5-6-18-7-13/h8H,5-7H2,1-4H3,(H3,14,15,16,17). The maximum atomic E-state index is 5.95. The van der Waals surface area contributed by atoms with Gasteiger partial charge in [-0.15, -0.1) is 0 Å². The number of anilines is 2. The number of ether oxygens (including phenoxy) is 1. The summed E-state index contributed by atoms with van der Waals surface area (Å²) in [6, 6.07) is 0. The topological polar surface area (TPSA) is 73.1 Å². The van der Waals surface area contributed by atoms with Crippen LogP contribution >= 0.6 is 0 Å². The summed E-state index contributed by atoms with van der Waals surface area (Å²) in [5, 5.41) is 3.47. The number of nitrogen functional groups attached to an aromatic ring is 1. The lowest BCUT2D eigenvalue weighted by Gasteiger charge is -2.26. The van der Waals surface area contributed by atoms with Gasteiger partial charge in [0.15, 0.2) is 0 Å². The van der Waals surface area contributed by atoms with Gasteiger partial charge in [-0.1, -0.05) is 13.8 Å². The molecule has 0 aromatic carbocycles. The van der Waals surface area contributed by atoms with Crippen molar-refractivity contribution >= 4 is 11.6 Å². The van der Waals surface area contributed by atoms with Crippen molar-refractivity contribution in [2.24, 2.45) is 0 Å². The molecule has 1 aromatic rings. The quantitative estimate of drug-likeness (QED) is 0.859. The molecule has 0 bridgehead atoms. The van der Waals surface area contributed by atoms with E-state index in [0.29, 0.717) is 12.4 Å². The van der Waals surface area contributed by atoms with Crippen LogP contribution in [0.15, 0.2) is 0 Å². The molecular weight excluding hydrogens is 228 g/mol. The Bertz CT molecular complexity index is 439. The molecule has 3 N–H and O–H groups in total. The van der Waals surface area contributed by atoms with Gasteiger partial charge in [0, 0.05) is 18.1 Å². The van der Waals surface area contributed by atoms with E-state index in [-0.39, 0.29) is 11.5 Å². The molecule has 1 aromatic heterocycles. The van der Waals surface area contributed by atoms with E-state index in [1.165, 1.54) is 0 Å². The highest BCUT2D eigenvalue weighted by molar-refractivity contribution is 5.56. The summed E-state index contributed by atoms with van der Waals surface area (Å²) in [4.78, 5) is 8.91. The van der Waals surface area contributed by atoms with E-state index in [4.69, 9.17) is 10.5 Å². The first-order valence-electron chi connectivity index (χ1n) is 6.41. The van der Waals surface area contributed by atoms with Crippen molar-refractivity contribution in [3.63, 3.8) is 0 Å². The van der Waals surface area contributed by atoms with Crippen LogP contribution in [-0.2, 0) is 4.74 Å². The third-order valence-electron chi connectivity index (χ3n) is 3.36. The Morgan fingerprint density at radius 2 is 2.11 bits per heavy atom. The fourth-order valence-corrected chi connectivity index (χ4v) is 1.98. The maximum absolute atomic E-state index is 5.95. The molecule has 100 valence electrons. The lowest BCUT2D eigenvalue weighted by Crippen LogP contribution is -2.36. The Balaban J connectivity index is 2.31. The van der Waals surface area contributed by atoms with Gasteiger partial charge in [0.25, 0.3) is 0 Å². The molecule has 18 heavy (non-hydrogen) atoms. The molecule has 0 radical (unpaired) electrons. The lowest BCUT2D eigenvalue weighted by atomic mass is 10.0. The van der Waals surface area contributed by atoms with Gasteiger partial charge < -0.3 is 15.8 Å². The number of nitrogens with one attached hydrogen (secondary N) is 1. The number of aromatic nitrogens is 2. The second-order valence-corrected chi connectivity index (χ2v) is 5.58. The lowest BCUT2D eigenvalue weighted by molar-refractivity contribution is 0.185. The first kappa shape index (κ1) is 13.1. The molecular formula is C13H22N4O. The summed E-state index contributed by atoms with van der Waals surface area (Å²) in [6.07, 6.45) is 0.980. The van der Waals surface area contributed by atoms with Crippen molar-refractivity contribution in [1.29, 1.82) is 0 Å². The summed E-state index contributed by atoms with van der Waals surface area (Å²) in [5.41, 5.74) is 6.81. The normalized spacial score (nSPS) is 23.6. The van der Waals surface area contributed by atoms with Gasteiger partial charge in [0.2, 0.25) is 0 Å². The fraction of sp³-hybridized carbons (Fsp3) is 0.692. The Labute approximate surface area is 108 Å². The Kier molecular flexibility index (Phi) is 3.43.